The van der Waals surface area contributed by atoms with Gasteiger partial charge in [0.15, 0.2) is 0 Å². The predicted octanol–water partition coefficient (Wildman–Crippen LogP) is 3.64. The van der Waals surface area contributed by atoms with Crippen molar-refractivity contribution in [1.82, 2.24) is 14.7 Å². The smallest absolute Gasteiger partial charge is 0.326 e. The number of urea groups is 1. The zero-order valence-electron chi connectivity index (χ0n) is 22.4. The number of hydrogen-bond donors (Lipinski definition) is 0. The number of benzene rings is 2. The maximum Gasteiger partial charge on any atom is 0.326 e. The fourth-order valence-electron chi connectivity index (χ4n) is 4.61. The van der Waals surface area contributed by atoms with Gasteiger partial charge in [0.1, 0.15) is 12.4 Å². The molecule has 2 aliphatic heterocycles. The highest BCUT2D eigenvalue weighted by molar-refractivity contribution is 6.00. The van der Waals surface area contributed by atoms with Crippen LogP contribution in [0, 0.1) is 6.92 Å². The molecule has 3 amide bonds. The van der Waals surface area contributed by atoms with Crippen LogP contribution in [-0.2, 0) is 16.1 Å². The number of nitrogens with zero attached hydrogens (tertiary/aromatic N) is 4. The maximum absolute atomic E-state index is 12.9. The van der Waals surface area contributed by atoms with E-state index in [1.807, 2.05) is 18.2 Å². The average Bonchev–Trinajstić information content (AvgIpc) is 2.91. The third-order valence-electron chi connectivity index (χ3n) is 6.99. The van der Waals surface area contributed by atoms with Gasteiger partial charge >= 0.3 is 6.03 Å². The van der Waals surface area contributed by atoms with Gasteiger partial charge in [-0.1, -0.05) is 35.9 Å². The topological polar surface area (TPSA) is 65.6 Å². The Labute approximate surface area is 220 Å². The fraction of sp³-hybridized carbons (Fsp3) is 0.448. The fourth-order valence-corrected chi connectivity index (χ4v) is 4.61. The van der Waals surface area contributed by atoms with Gasteiger partial charge in [0.2, 0.25) is 5.91 Å². The summed E-state index contributed by atoms with van der Waals surface area (Å²) in [7, 11) is 5.31. The number of imide groups is 1. The zero-order valence-corrected chi connectivity index (χ0v) is 22.4. The molecule has 0 spiro atoms. The van der Waals surface area contributed by atoms with Crippen molar-refractivity contribution in [3.8, 4) is 5.75 Å². The molecule has 0 N–H and O–H groups in total. The van der Waals surface area contributed by atoms with Gasteiger partial charge in [-0.3, -0.25) is 14.6 Å². The van der Waals surface area contributed by atoms with Gasteiger partial charge < -0.3 is 19.3 Å². The SMILES string of the molecule is Cc1ccc(CN(C)c2ccc(OCCN3CCOCC3)cc2/C2=C/CN(C)C(=O)N(C)C(=O)C2)cc1. The lowest BCUT2D eigenvalue weighted by atomic mass is 9.97. The summed E-state index contributed by atoms with van der Waals surface area (Å²) in [5.74, 6) is 0.539. The molecule has 2 aliphatic rings. The minimum atomic E-state index is -0.294. The van der Waals surface area contributed by atoms with E-state index < -0.39 is 0 Å². The summed E-state index contributed by atoms with van der Waals surface area (Å²) in [5.41, 5.74) is 5.28. The first kappa shape index (κ1) is 26.7. The summed E-state index contributed by atoms with van der Waals surface area (Å²) in [5, 5.41) is 0. The van der Waals surface area contributed by atoms with Gasteiger partial charge in [-0.05, 0) is 36.3 Å². The number of hydrogen-bond acceptors (Lipinski definition) is 6. The molecule has 0 aromatic heterocycles. The van der Waals surface area contributed by atoms with Gasteiger partial charge in [0.05, 0.1) is 19.6 Å². The maximum atomic E-state index is 12.9. The van der Waals surface area contributed by atoms with E-state index in [1.165, 1.54) is 16.0 Å². The molecule has 2 aromatic carbocycles. The number of likely N-dealkylation sites (N-methyl/N-ethyl adjacent to an activating group) is 1. The highest BCUT2D eigenvalue weighted by Gasteiger charge is 2.25. The van der Waals surface area contributed by atoms with E-state index in [0.717, 1.165) is 62.0 Å². The normalized spacial score (nSPS) is 18.8. The van der Waals surface area contributed by atoms with Gasteiger partial charge in [-0.25, -0.2) is 4.79 Å². The van der Waals surface area contributed by atoms with Crippen LogP contribution in [0.2, 0.25) is 0 Å². The van der Waals surface area contributed by atoms with Crippen LogP contribution in [0.3, 0.4) is 0 Å². The quantitative estimate of drug-likeness (QED) is 0.545. The number of morpholine rings is 1. The van der Waals surface area contributed by atoms with E-state index in [2.05, 4.69) is 54.1 Å². The number of ether oxygens (including phenoxy) is 2. The Morgan fingerprint density at radius 1 is 1.03 bits per heavy atom. The molecule has 0 aliphatic carbocycles. The number of aryl methyl sites for hydroxylation is 1. The van der Waals surface area contributed by atoms with E-state index in [1.54, 1.807) is 19.0 Å². The minimum absolute atomic E-state index is 0.151. The first-order chi connectivity index (χ1) is 17.8. The lowest BCUT2D eigenvalue weighted by Gasteiger charge is -2.29. The molecule has 0 unspecified atom stereocenters. The third kappa shape index (κ3) is 6.90. The van der Waals surface area contributed by atoms with Crippen LogP contribution >= 0.6 is 0 Å². The van der Waals surface area contributed by atoms with E-state index in [4.69, 9.17) is 9.47 Å². The molecule has 198 valence electrons. The summed E-state index contributed by atoms with van der Waals surface area (Å²) >= 11 is 0. The molecule has 2 heterocycles. The summed E-state index contributed by atoms with van der Waals surface area (Å²) in [6, 6.07) is 14.3. The molecule has 0 saturated carbocycles. The number of carbonyl (C=O) groups is 2. The molecule has 4 rings (SSSR count). The lowest BCUT2D eigenvalue weighted by molar-refractivity contribution is -0.126. The van der Waals surface area contributed by atoms with E-state index in [-0.39, 0.29) is 18.4 Å². The van der Waals surface area contributed by atoms with Crippen molar-refractivity contribution in [2.45, 2.75) is 19.9 Å². The van der Waals surface area contributed by atoms with Crippen molar-refractivity contribution in [2.24, 2.45) is 0 Å². The number of carbonyl (C=O) groups excluding carboxylic acids is 2. The summed E-state index contributed by atoms with van der Waals surface area (Å²) in [6.45, 7) is 8.03. The largest absolute Gasteiger partial charge is 0.492 e. The molecule has 2 aromatic rings. The first-order valence-electron chi connectivity index (χ1n) is 12.9. The van der Waals surface area contributed by atoms with E-state index >= 15 is 0 Å². The Hall–Kier alpha value is -3.36. The van der Waals surface area contributed by atoms with Gasteiger partial charge in [0.25, 0.3) is 0 Å². The summed E-state index contributed by atoms with van der Waals surface area (Å²) in [4.78, 5) is 32.6. The standard InChI is InChI=1S/C29H38N4O4/c1-22-5-7-23(8-6-22)21-31(3)27-10-9-25(37-18-15-33-13-16-36-17-14-33)20-26(27)24-11-12-30(2)29(35)32(4)28(34)19-24/h5-11,20H,12-19,21H2,1-4H3/b24-11+. The van der Waals surface area contributed by atoms with Crippen molar-refractivity contribution < 1.29 is 19.1 Å². The van der Waals surface area contributed by atoms with Crippen molar-refractivity contribution in [3.05, 3.63) is 65.2 Å². The van der Waals surface area contributed by atoms with Crippen LogP contribution in [0.4, 0.5) is 10.5 Å². The Morgan fingerprint density at radius 3 is 2.49 bits per heavy atom. The second kappa shape index (κ2) is 12.3. The molecular weight excluding hydrogens is 468 g/mol. The van der Waals surface area contributed by atoms with Crippen molar-refractivity contribution >= 4 is 23.2 Å². The van der Waals surface area contributed by atoms with Crippen LogP contribution in [0.15, 0.2) is 48.5 Å². The van der Waals surface area contributed by atoms with Crippen molar-refractivity contribution in [1.29, 1.82) is 0 Å². The average molecular weight is 507 g/mol. The second-order valence-corrected chi connectivity index (χ2v) is 9.85. The Morgan fingerprint density at radius 2 is 1.76 bits per heavy atom. The summed E-state index contributed by atoms with van der Waals surface area (Å²) < 4.78 is 11.6. The first-order valence-corrected chi connectivity index (χ1v) is 12.9. The number of anilines is 1. The van der Waals surface area contributed by atoms with Gasteiger partial charge in [-0.15, -0.1) is 0 Å². The summed E-state index contributed by atoms with van der Waals surface area (Å²) in [6.07, 6.45) is 2.14. The monoisotopic (exact) mass is 506 g/mol. The van der Waals surface area contributed by atoms with Crippen LogP contribution < -0.4 is 9.64 Å². The van der Waals surface area contributed by atoms with Crippen LogP contribution in [0.5, 0.6) is 5.75 Å². The zero-order chi connectivity index (χ0) is 26.4. The highest BCUT2D eigenvalue weighted by atomic mass is 16.5. The third-order valence-corrected chi connectivity index (χ3v) is 6.99. The Balaban J connectivity index is 1.60. The van der Waals surface area contributed by atoms with E-state index in [9.17, 15) is 9.59 Å². The number of rotatable bonds is 8. The van der Waals surface area contributed by atoms with Crippen LogP contribution in [0.25, 0.3) is 5.57 Å². The van der Waals surface area contributed by atoms with Crippen LogP contribution in [0.1, 0.15) is 23.1 Å². The lowest BCUT2D eigenvalue weighted by Crippen LogP contribution is -2.43. The van der Waals surface area contributed by atoms with Gasteiger partial charge in [0, 0.05) is 65.1 Å². The number of amides is 3. The molecule has 0 bridgehead atoms. The molecule has 0 atom stereocenters. The molecule has 1 fully saturated rings. The molecule has 8 heteroatoms. The molecule has 8 nitrogen and oxygen atoms in total. The predicted molar refractivity (Wildman–Crippen MR) is 146 cm³/mol. The Bertz CT molecular complexity index is 1130. The van der Waals surface area contributed by atoms with E-state index in [0.29, 0.717) is 13.2 Å². The minimum Gasteiger partial charge on any atom is -0.492 e. The molecule has 1 saturated heterocycles. The van der Waals surface area contributed by atoms with Crippen molar-refractivity contribution in [3.63, 3.8) is 0 Å². The van der Waals surface area contributed by atoms with Crippen molar-refractivity contribution in [2.75, 3.05) is 72.0 Å². The molecule has 37 heavy (non-hydrogen) atoms. The second-order valence-electron chi connectivity index (χ2n) is 9.85. The van der Waals surface area contributed by atoms with Crippen LogP contribution in [-0.4, -0.2) is 93.8 Å². The highest BCUT2D eigenvalue weighted by Crippen LogP contribution is 2.34. The molecular formula is C29H38N4O4. The molecule has 0 radical (unpaired) electrons. The Kier molecular flexibility index (Phi) is 8.84. The van der Waals surface area contributed by atoms with Gasteiger partial charge in [-0.2, -0.15) is 0 Å².